The summed E-state index contributed by atoms with van der Waals surface area (Å²) in [5, 5.41) is 0. The summed E-state index contributed by atoms with van der Waals surface area (Å²) in [6, 6.07) is 0.492. The molecule has 0 bridgehead atoms. The summed E-state index contributed by atoms with van der Waals surface area (Å²) >= 11 is 0. The molecular formula is C16H37N3O. The van der Waals surface area contributed by atoms with Crippen molar-refractivity contribution >= 4 is 0 Å². The van der Waals surface area contributed by atoms with Crippen molar-refractivity contribution in [1.29, 1.82) is 0 Å². The van der Waals surface area contributed by atoms with E-state index in [1.807, 2.05) is 0 Å². The third kappa shape index (κ3) is 8.20. The van der Waals surface area contributed by atoms with Gasteiger partial charge in [0.25, 0.3) is 0 Å². The quantitative estimate of drug-likeness (QED) is 0.516. The van der Waals surface area contributed by atoms with Crippen molar-refractivity contribution in [2.45, 2.75) is 40.7 Å². The maximum absolute atomic E-state index is 5.33. The fraction of sp³-hybridized carbons (Fsp3) is 1.00. The van der Waals surface area contributed by atoms with E-state index < -0.39 is 0 Å². The molecular weight excluding hydrogens is 250 g/mol. The van der Waals surface area contributed by atoms with Crippen LogP contribution in [0.25, 0.3) is 0 Å². The zero-order valence-corrected chi connectivity index (χ0v) is 14.7. The molecule has 1 unspecified atom stereocenters. The number of methoxy groups -OCH3 is 1. The molecule has 4 nitrogen and oxygen atoms in total. The van der Waals surface area contributed by atoms with Crippen molar-refractivity contribution in [3.8, 4) is 0 Å². The Morgan fingerprint density at radius 2 is 1.15 bits per heavy atom. The summed E-state index contributed by atoms with van der Waals surface area (Å²) in [5.74, 6) is 0. The van der Waals surface area contributed by atoms with Crippen LogP contribution >= 0.6 is 0 Å². The molecule has 0 spiro atoms. The van der Waals surface area contributed by atoms with Crippen molar-refractivity contribution in [2.24, 2.45) is 0 Å². The molecule has 0 heterocycles. The molecule has 0 aromatic heterocycles. The molecule has 0 radical (unpaired) electrons. The van der Waals surface area contributed by atoms with Gasteiger partial charge < -0.3 is 14.5 Å². The SMILES string of the molecule is CCN(CC)CCN(CCN(CC)CC)C(C)COC. The van der Waals surface area contributed by atoms with E-state index in [4.69, 9.17) is 4.74 Å². The Hall–Kier alpha value is -0.160. The number of nitrogens with zero attached hydrogens (tertiary/aromatic N) is 3. The lowest BCUT2D eigenvalue weighted by atomic mass is 10.2. The standard InChI is InChI=1S/C16H37N3O/c1-7-17(8-2)11-13-19(16(5)15-20-6)14-12-18(9-3)10-4/h16H,7-15H2,1-6H3. The van der Waals surface area contributed by atoms with Gasteiger partial charge in [0.2, 0.25) is 0 Å². The van der Waals surface area contributed by atoms with Crippen LogP contribution < -0.4 is 0 Å². The molecule has 4 heteroatoms. The molecule has 20 heavy (non-hydrogen) atoms. The van der Waals surface area contributed by atoms with Crippen LogP contribution in [0.1, 0.15) is 34.6 Å². The highest BCUT2D eigenvalue weighted by molar-refractivity contribution is 4.70. The van der Waals surface area contributed by atoms with E-state index in [1.54, 1.807) is 7.11 Å². The van der Waals surface area contributed by atoms with Crippen LogP contribution in [0.5, 0.6) is 0 Å². The van der Waals surface area contributed by atoms with Gasteiger partial charge in [0, 0.05) is 39.3 Å². The minimum atomic E-state index is 0.492. The maximum atomic E-state index is 5.33. The number of rotatable bonds is 13. The van der Waals surface area contributed by atoms with E-state index in [0.29, 0.717) is 6.04 Å². The maximum Gasteiger partial charge on any atom is 0.0615 e. The largest absolute Gasteiger partial charge is 0.383 e. The molecule has 0 saturated heterocycles. The Bertz CT molecular complexity index is 190. The highest BCUT2D eigenvalue weighted by Gasteiger charge is 2.15. The highest BCUT2D eigenvalue weighted by Crippen LogP contribution is 2.02. The van der Waals surface area contributed by atoms with Gasteiger partial charge in [-0.05, 0) is 33.1 Å². The average molecular weight is 287 g/mol. The summed E-state index contributed by atoms with van der Waals surface area (Å²) in [7, 11) is 1.80. The van der Waals surface area contributed by atoms with Crippen LogP contribution in [0.3, 0.4) is 0 Å². The van der Waals surface area contributed by atoms with Gasteiger partial charge in [0.15, 0.2) is 0 Å². The van der Waals surface area contributed by atoms with Gasteiger partial charge in [-0.1, -0.05) is 27.7 Å². The summed E-state index contributed by atoms with van der Waals surface area (Å²) in [4.78, 5) is 7.55. The number of likely N-dealkylation sites (N-methyl/N-ethyl adjacent to an activating group) is 2. The second-order valence-corrected chi connectivity index (χ2v) is 5.39. The van der Waals surface area contributed by atoms with Crippen molar-refractivity contribution in [3.05, 3.63) is 0 Å². The predicted molar refractivity (Wildman–Crippen MR) is 88.5 cm³/mol. The fourth-order valence-corrected chi connectivity index (χ4v) is 2.52. The molecule has 0 N–H and O–H groups in total. The van der Waals surface area contributed by atoms with Crippen molar-refractivity contribution in [2.75, 3.05) is 66.1 Å². The minimum Gasteiger partial charge on any atom is -0.383 e. The molecule has 0 saturated carbocycles. The van der Waals surface area contributed by atoms with Gasteiger partial charge in [-0.15, -0.1) is 0 Å². The van der Waals surface area contributed by atoms with E-state index in [1.165, 1.54) is 0 Å². The third-order valence-electron chi connectivity index (χ3n) is 4.23. The second-order valence-electron chi connectivity index (χ2n) is 5.39. The lowest BCUT2D eigenvalue weighted by molar-refractivity contribution is 0.0832. The molecule has 0 aliphatic heterocycles. The van der Waals surface area contributed by atoms with Gasteiger partial charge in [-0.3, -0.25) is 4.90 Å². The first-order valence-electron chi connectivity index (χ1n) is 8.30. The molecule has 1 atom stereocenters. The Morgan fingerprint density at radius 3 is 1.45 bits per heavy atom. The van der Waals surface area contributed by atoms with Crippen LogP contribution in [-0.4, -0.2) is 86.8 Å². The summed E-state index contributed by atoms with van der Waals surface area (Å²) in [5.41, 5.74) is 0. The van der Waals surface area contributed by atoms with Gasteiger partial charge >= 0.3 is 0 Å². The Labute approximate surface area is 127 Å². The molecule has 0 fully saturated rings. The monoisotopic (exact) mass is 287 g/mol. The minimum absolute atomic E-state index is 0.492. The molecule has 0 rings (SSSR count). The summed E-state index contributed by atoms with van der Waals surface area (Å²) in [6.45, 7) is 21.2. The fourth-order valence-electron chi connectivity index (χ4n) is 2.52. The Balaban J connectivity index is 4.32. The van der Waals surface area contributed by atoms with E-state index in [9.17, 15) is 0 Å². The molecule has 0 aliphatic carbocycles. The second kappa shape index (κ2) is 12.6. The average Bonchev–Trinajstić information content (AvgIpc) is 2.47. The van der Waals surface area contributed by atoms with Crippen molar-refractivity contribution in [3.63, 3.8) is 0 Å². The third-order valence-corrected chi connectivity index (χ3v) is 4.23. The first-order valence-corrected chi connectivity index (χ1v) is 8.30. The van der Waals surface area contributed by atoms with E-state index in [-0.39, 0.29) is 0 Å². The van der Waals surface area contributed by atoms with Crippen LogP contribution in [0.4, 0.5) is 0 Å². The van der Waals surface area contributed by atoms with Crippen LogP contribution in [0.15, 0.2) is 0 Å². The molecule has 0 aromatic rings. The normalized spacial score (nSPS) is 13.7. The lowest BCUT2D eigenvalue weighted by Crippen LogP contribution is -2.45. The number of hydrogen-bond donors (Lipinski definition) is 0. The highest BCUT2D eigenvalue weighted by atomic mass is 16.5. The van der Waals surface area contributed by atoms with Gasteiger partial charge in [0.05, 0.1) is 6.61 Å². The van der Waals surface area contributed by atoms with Crippen LogP contribution in [0.2, 0.25) is 0 Å². The van der Waals surface area contributed by atoms with E-state index in [2.05, 4.69) is 49.3 Å². The molecule has 0 aromatic carbocycles. The van der Waals surface area contributed by atoms with E-state index >= 15 is 0 Å². The predicted octanol–water partition coefficient (Wildman–Crippen LogP) is 2.01. The summed E-state index contributed by atoms with van der Waals surface area (Å²) < 4.78 is 5.33. The Morgan fingerprint density at radius 1 is 0.750 bits per heavy atom. The first-order chi connectivity index (χ1) is 9.62. The van der Waals surface area contributed by atoms with E-state index in [0.717, 1.165) is 59.0 Å². The van der Waals surface area contributed by atoms with Gasteiger partial charge in [-0.25, -0.2) is 0 Å². The Kier molecular flexibility index (Phi) is 12.5. The smallest absolute Gasteiger partial charge is 0.0615 e. The lowest BCUT2D eigenvalue weighted by Gasteiger charge is -2.32. The van der Waals surface area contributed by atoms with Crippen LogP contribution in [0, 0.1) is 0 Å². The number of hydrogen-bond acceptors (Lipinski definition) is 4. The zero-order valence-electron chi connectivity index (χ0n) is 14.7. The van der Waals surface area contributed by atoms with Crippen LogP contribution in [-0.2, 0) is 4.74 Å². The molecule has 122 valence electrons. The molecule has 0 amide bonds. The first kappa shape index (κ1) is 19.8. The zero-order chi connectivity index (χ0) is 15.4. The molecule has 0 aliphatic rings. The van der Waals surface area contributed by atoms with Gasteiger partial charge in [0.1, 0.15) is 0 Å². The number of ether oxygens (including phenoxy) is 1. The van der Waals surface area contributed by atoms with Crippen molar-refractivity contribution < 1.29 is 4.74 Å². The van der Waals surface area contributed by atoms with Crippen molar-refractivity contribution in [1.82, 2.24) is 14.7 Å². The topological polar surface area (TPSA) is 19.0 Å². The van der Waals surface area contributed by atoms with Gasteiger partial charge in [-0.2, -0.15) is 0 Å². The summed E-state index contributed by atoms with van der Waals surface area (Å²) in [6.07, 6.45) is 0.